The Labute approximate surface area is 835 Å². The highest BCUT2D eigenvalue weighted by Gasteiger charge is 2.63. The summed E-state index contributed by atoms with van der Waals surface area (Å²) in [5.41, 5.74) is 6.32. The highest BCUT2D eigenvalue weighted by Crippen LogP contribution is 2.44. The van der Waals surface area contributed by atoms with E-state index in [0.717, 1.165) is 55.6 Å². The molecule has 0 amide bonds. The number of carbonyl (C=O) groups excluding carboxylic acids is 10. The summed E-state index contributed by atoms with van der Waals surface area (Å²) in [4.78, 5) is 130. The van der Waals surface area contributed by atoms with Gasteiger partial charge in [0.05, 0.1) is 92.3 Å². The topological polar surface area (TPSA) is 435 Å². The Hall–Kier alpha value is -15.4. The lowest BCUT2D eigenvalue weighted by atomic mass is 9.88. The first-order valence-electron chi connectivity index (χ1n) is 46.3. The third kappa shape index (κ3) is 28.1. The number of aryl methyl sites for hydroxylation is 10. The van der Waals surface area contributed by atoms with Gasteiger partial charge in [0, 0.05) is 20.3 Å². The van der Waals surface area contributed by atoms with Crippen LogP contribution in [0.25, 0.3) is 0 Å². The average Bonchev–Trinajstić information content (AvgIpc) is 1.64. The van der Waals surface area contributed by atoms with E-state index < -0.39 is 156 Å². The second-order valence-corrected chi connectivity index (χ2v) is 36.7. The quantitative estimate of drug-likeness (QED) is 0.0233. The largest absolute Gasteiger partial charge is 0.459 e. The van der Waals surface area contributed by atoms with E-state index in [4.69, 9.17) is 71.6 Å². The SMILES string of the molecule is Cc1ccc(C(=O)OCC2OC(O)[C@](C)(O)[C@@H]2OC(=O)c2ccc(C)cc2)cc1.Cc1ccc(C(=O)OCC2O[C@H](/C(C#N)=C/N(C)C)[C@](C)(OC(=O)c3ccc(C)cc3)[C@@H]2OC(=O)c2ccc(C)cc2)cc1.Cc1ccc(C(=O)OCC2O[C@H](CC#N)[C@](C)(O)[C@@H]2OC(=O)c2ccc(C)cc2)cc1.Cc1ccc(C(=O)OCC2O[C@H](CC#N)[C@](C)(OC(=O)c3ccc(C)cc3)[C@@H]2OC(=O)c2ccc(C)cc2)cc1. The predicted molar refractivity (Wildman–Crippen MR) is 523 cm³/mol. The molecule has 3 N–H and O–H groups in total. The van der Waals surface area contributed by atoms with E-state index in [1.807, 2.05) is 81.4 Å². The number of nitrogens with zero attached hydrogens (tertiary/aromatic N) is 4. The fourth-order valence-electron chi connectivity index (χ4n) is 15.9. The van der Waals surface area contributed by atoms with Crippen LogP contribution in [-0.4, -0.2) is 216 Å². The zero-order valence-electron chi connectivity index (χ0n) is 82.8. The maximum Gasteiger partial charge on any atom is 0.338 e. The Balaban J connectivity index is 0.000000185. The van der Waals surface area contributed by atoms with Crippen molar-refractivity contribution in [3.05, 3.63) is 366 Å². The smallest absolute Gasteiger partial charge is 0.338 e. The molecule has 4 aliphatic rings. The normalized spacial score (nSPS) is 23.2. The minimum absolute atomic E-state index is 0.103. The lowest BCUT2D eigenvalue weighted by molar-refractivity contribution is -0.170. The van der Waals surface area contributed by atoms with Crippen molar-refractivity contribution in [2.24, 2.45) is 0 Å². The molecule has 5 unspecified atom stereocenters. The van der Waals surface area contributed by atoms with Gasteiger partial charge in [0.15, 0.2) is 47.5 Å². The Morgan fingerprint density at radius 2 is 0.521 bits per heavy atom. The Kier molecular flexibility index (Phi) is 37.0. The van der Waals surface area contributed by atoms with Crippen molar-refractivity contribution >= 4 is 59.7 Å². The Morgan fingerprint density at radius 3 is 0.792 bits per heavy atom. The van der Waals surface area contributed by atoms with Crippen molar-refractivity contribution in [3.63, 3.8) is 0 Å². The van der Waals surface area contributed by atoms with Crippen LogP contribution < -0.4 is 0 Å². The van der Waals surface area contributed by atoms with Gasteiger partial charge in [-0.1, -0.05) is 177 Å². The summed E-state index contributed by atoms with van der Waals surface area (Å²) in [6.07, 6.45) is -12.1. The van der Waals surface area contributed by atoms with E-state index in [1.54, 1.807) is 282 Å². The number of benzene rings is 10. The number of aliphatic hydroxyl groups excluding tert-OH is 1. The molecule has 0 aliphatic carbocycles. The summed E-state index contributed by atoms with van der Waals surface area (Å²) in [7, 11) is 3.47. The molecule has 4 heterocycles. The number of esters is 10. The van der Waals surface area contributed by atoms with Crippen molar-refractivity contribution in [3.8, 4) is 18.2 Å². The van der Waals surface area contributed by atoms with Crippen LogP contribution in [0.3, 0.4) is 0 Å². The molecular weight excluding hydrogens is 1850 g/mol. The van der Waals surface area contributed by atoms with E-state index in [9.17, 15) is 73.8 Å². The lowest BCUT2D eigenvalue weighted by Gasteiger charge is -2.34. The van der Waals surface area contributed by atoms with Gasteiger partial charge in [-0.15, -0.1) is 0 Å². The molecule has 16 atom stereocenters. The van der Waals surface area contributed by atoms with Crippen molar-refractivity contribution in [1.29, 1.82) is 15.8 Å². The van der Waals surface area contributed by atoms with Crippen LogP contribution in [0.5, 0.6) is 0 Å². The van der Waals surface area contributed by atoms with Crippen LogP contribution >= 0.6 is 0 Å². The van der Waals surface area contributed by atoms with E-state index in [0.29, 0.717) is 38.9 Å². The van der Waals surface area contributed by atoms with Gasteiger partial charge < -0.3 is 86.5 Å². The van der Waals surface area contributed by atoms with Gasteiger partial charge in [0.1, 0.15) is 74.8 Å². The molecular formula is C113H116N4O27. The number of carbonyl (C=O) groups is 10. The molecule has 0 aromatic heterocycles. The number of hydrogen-bond acceptors (Lipinski definition) is 31. The molecule has 0 spiro atoms. The third-order valence-corrected chi connectivity index (χ3v) is 24.5. The van der Waals surface area contributed by atoms with Crippen molar-refractivity contribution in [1.82, 2.24) is 4.90 Å². The molecule has 0 radical (unpaired) electrons. The lowest BCUT2D eigenvalue weighted by Crippen LogP contribution is -2.52. The molecule has 750 valence electrons. The summed E-state index contributed by atoms with van der Waals surface area (Å²) in [5.74, 6) is -6.38. The molecule has 10 aromatic rings. The Bertz CT molecular complexity index is 6350. The average molecular weight is 1960 g/mol. The minimum atomic E-state index is -1.86. The first-order valence-corrected chi connectivity index (χ1v) is 46.3. The fourth-order valence-corrected chi connectivity index (χ4v) is 15.9. The molecule has 31 nitrogen and oxygen atoms in total. The van der Waals surface area contributed by atoms with Crippen molar-refractivity contribution < 1.29 is 130 Å². The number of aliphatic hydroxyl groups is 3. The molecule has 0 saturated carbocycles. The van der Waals surface area contributed by atoms with Crippen molar-refractivity contribution in [2.45, 2.75) is 206 Å². The number of nitriles is 3. The van der Waals surface area contributed by atoms with E-state index >= 15 is 0 Å². The molecule has 10 aromatic carbocycles. The zero-order valence-corrected chi connectivity index (χ0v) is 82.8. The van der Waals surface area contributed by atoms with Crippen LogP contribution in [0.1, 0.15) is 200 Å². The molecule has 144 heavy (non-hydrogen) atoms. The predicted octanol–water partition coefficient (Wildman–Crippen LogP) is 15.9. The molecule has 14 rings (SSSR count). The minimum Gasteiger partial charge on any atom is -0.459 e. The highest BCUT2D eigenvalue weighted by atomic mass is 16.7. The zero-order chi connectivity index (χ0) is 105. The fraction of sp³-hybridized carbons (Fsp3) is 0.336. The number of rotatable bonds is 28. The number of ether oxygens (including phenoxy) is 14. The van der Waals surface area contributed by atoms with Gasteiger partial charge in [-0.3, -0.25) is 0 Å². The van der Waals surface area contributed by atoms with E-state index in [2.05, 4.69) is 6.07 Å². The standard InChI is InChI=1S/C35H36N2O7.C32H31NO7.C24H25NO6.C22H24O7/c1-22-7-13-25(14-8-22)32(38)41-21-29-31(43-33(39)26-15-9-23(2)10-16-26)35(4,30(42-29)28(19-36)20-37(5)6)44-34(40)27-17-11-24(3)12-18-27;1-20-5-11-23(12-6-20)29(34)37-19-26-28(39-30(35)24-13-7-21(2)8-14-24)32(4,27(38-26)17-18-33)40-31(36)25-15-9-22(3)10-16-25;1-15-4-8-17(9-5-15)22(26)29-14-19-21(24(3,28)20(30-19)12-13-25)31-23(27)18-10-6-16(2)7-11-18;1-13-4-8-15(9-5-13)19(23)27-12-17-18(22(3,26)21(25)28-17)29-20(24)16-10-6-14(2)7-11-16/h7-18,20,29-31H,21H2,1-6H3;5-16,26-28H,17,19H2,1-4H3;4-11,19-21,28H,12,14H2,1-3H3;4-11,17-18,21,25-26H,12H2,1-3H3/b28-20+;;;/t29?,30-,31-,35+;26?,27-,28-,32+;19?,20-,21-,24+;17?,18-,21?,22-/m1111/s1. The molecule has 4 saturated heterocycles. The molecule has 31 heteroatoms. The van der Waals surface area contributed by atoms with Gasteiger partial charge >= 0.3 is 59.7 Å². The highest BCUT2D eigenvalue weighted by molar-refractivity contribution is 5.95. The van der Waals surface area contributed by atoms with Crippen LogP contribution in [0.2, 0.25) is 0 Å². The summed E-state index contributed by atoms with van der Waals surface area (Å²) >= 11 is 0. The molecule has 0 bridgehead atoms. The summed E-state index contributed by atoms with van der Waals surface area (Å²) in [6, 6.07) is 74.3. The van der Waals surface area contributed by atoms with Gasteiger partial charge in [-0.25, -0.2) is 47.9 Å². The summed E-state index contributed by atoms with van der Waals surface area (Å²) < 4.78 is 80.2. The van der Waals surface area contributed by atoms with Crippen LogP contribution in [-0.2, 0) is 66.3 Å². The van der Waals surface area contributed by atoms with Crippen LogP contribution in [0.15, 0.2) is 254 Å². The monoisotopic (exact) mass is 1960 g/mol. The Morgan fingerprint density at radius 1 is 0.306 bits per heavy atom. The molecule has 4 fully saturated rings. The summed E-state index contributed by atoms with van der Waals surface area (Å²) in [6.45, 7) is 23.7. The van der Waals surface area contributed by atoms with Gasteiger partial charge in [-0.05, 0) is 218 Å². The third-order valence-electron chi connectivity index (χ3n) is 24.5. The molecule has 4 aliphatic heterocycles. The number of hydrogen-bond donors (Lipinski definition) is 3. The van der Waals surface area contributed by atoms with Crippen LogP contribution in [0, 0.1) is 103 Å². The van der Waals surface area contributed by atoms with E-state index in [-0.39, 0.29) is 61.5 Å². The van der Waals surface area contributed by atoms with Crippen LogP contribution in [0.4, 0.5) is 0 Å². The van der Waals surface area contributed by atoms with Crippen molar-refractivity contribution in [2.75, 3.05) is 40.5 Å². The van der Waals surface area contributed by atoms with Gasteiger partial charge in [0.25, 0.3) is 0 Å². The first kappa shape index (κ1) is 109. The summed E-state index contributed by atoms with van der Waals surface area (Å²) in [5, 5.41) is 60.3. The van der Waals surface area contributed by atoms with Gasteiger partial charge in [-0.2, -0.15) is 15.8 Å². The maximum atomic E-state index is 13.5. The second kappa shape index (κ2) is 48.9. The van der Waals surface area contributed by atoms with Gasteiger partial charge in [0.2, 0.25) is 0 Å². The second-order valence-electron chi connectivity index (χ2n) is 36.7. The van der Waals surface area contributed by atoms with E-state index in [1.165, 1.54) is 13.8 Å². The first-order chi connectivity index (χ1) is 68.4. The maximum absolute atomic E-state index is 13.5.